The Hall–Kier alpha value is -2.33. The number of anilines is 1. The molecule has 1 aromatic heterocycles. The van der Waals surface area contributed by atoms with Crippen molar-refractivity contribution < 1.29 is 19.4 Å². The first-order valence-electron chi connectivity index (χ1n) is 9.81. The fourth-order valence-electron chi connectivity index (χ4n) is 3.55. The molecule has 2 unspecified atom stereocenters. The van der Waals surface area contributed by atoms with E-state index in [1.165, 1.54) is 24.4 Å². The molecule has 2 atom stereocenters. The van der Waals surface area contributed by atoms with Crippen LogP contribution in [0.1, 0.15) is 38.7 Å². The molecule has 0 spiro atoms. The van der Waals surface area contributed by atoms with E-state index in [0.29, 0.717) is 17.3 Å². The van der Waals surface area contributed by atoms with Gasteiger partial charge in [0.05, 0.1) is 17.6 Å². The molecule has 2 aliphatic heterocycles. The largest absolute Gasteiger partial charge is 0.363 e. The van der Waals surface area contributed by atoms with Crippen molar-refractivity contribution in [3.05, 3.63) is 36.2 Å². The van der Waals surface area contributed by atoms with Crippen molar-refractivity contribution in [2.45, 2.75) is 38.6 Å². The van der Waals surface area contributed by atoms with Gasteiger partial charge in [0.15, 0.2) is 6.29 Å². The summed E-state index contributed by atoms with van der Waals surface area (Å²) in [5.74, 6) is 0.0910. The second-order valence-corrected chi connectivity index (χ2v) is 7.79. The molecule has 1 aromatic rings. The molecular weight excluding hydrogens is 374 g/mol. The van der Waals surface area contributed by atoms with Crippen LogP contribution < -0.4 is 10.7 Å². The lowest BCUT2D eigenvalue weighted by Crippen LogP contribution is -2.66. The van der Waals surface area contributed by atoms with E-state index in [1.54, 1.807) is 12.1 Å². The Morgan fingerprint density at radius 1 is 1.45 bits per heavy atom. The number of aliphatic hydroxyl groups excluding tert-OH is 1. The number of amides is 2. The number of hydrazine groups is 1. The number of hydrogen-bond donors (Lipinski definition) is 3. The molecule has 0 radical (unpaired) electrons. The summed E-state index contributed by atoms with van der Waals surface area (Å²) in [6.07, 6.45) is 5.92. The number of carbonyl (C=O) groups is 2. The molecule has 9 nitrogen and oxygen atoms in total. The minimum atomic E-state index is -1.11. The van der Waals surface area contributed by atoms with Gasteiger partial charge in [0.1, 0.15) is 12.2 Å². The van der Waals surface area contributed by atoms with Crippen molar-refractivity contribution in [3.8, 4) is 0 Å². The van der Waals surface area contributed by atoms with Gasteiger partial charge in [0, 0.05) is 26.3 Å². The van der Waals surface area contributed by atoms with Gasteiger partial charge in [-0.1, -0.05) is 6.92 Å². The van der Waals surface area contributed by atoms with Gasteiger partial charge in [0.2, 0.25) is 5.91 Å². The zero-order valence-electron chi connectivity index (χ0n) is 17.1. The average molecular weight is 403 g/mol. The summed E-state index contributed by atoms with van der Waals surface area (Å²) in [5.41, 5.74) is 3.51. The predicted molar refractivity (Wildman–Crippen MR) is 107 cm³/mol. The van der Waals surface area contributed by atoms with Crippen LogP contribution in [0.25, 0.3) is 0 Å². The van der Waals surface area contributed by atoms with E-state index in [9.17, 15) is 14.7 Å². The molecule has 9 heteroatoms. The smallest absolute Gasteiger partial charge is 0.261 e. The van der Waals surface area contributed by atoms with Crippen molar-refractivity contribution in [1.82, 2.24) is 20.3 Å². The number of nitrogens with zero attached hydrogens (tertiary/aromatic N) is 3. The molecule has 3 rings (SSSR count). The third kappa shape index (κ3) is 5.18. The highest BCUT2D eigenvalue weighted by atomic mass is 16.6. The quantitative estimate of drug-likeness (QED) is 0.609. The normalized spacial score (nSPS) is 24.6. The Labute approximate surface area is 170 Å². The molecule has 3 heterocycles. The van der Waals surface area contributed by atoms with Crippen LogP contribution in [0.15, 0.2) is 30.5 Å². The van der Waals surface area contributed by atoms with Crippen LogP contribution in [0, 0.1) is 5.92 Å². The SMILES string of the molecule is COC(O)c1ccc(NC(=O)CN2NC(C)(N3CCC(C)CC3)C=CC2=O)cn1. The lowest BCUT2D eigenvalue weighted by Gasteiger charge is -2.47. The van der Waals surface area contributed by atoms with Crippen LogP contribution in [0.4, 0.5) is 5.69 Å². The second kappa shape index (κ2) is 9.00. The van der Waals surface area contributed by atoms with E-state index in [2.05, 4.69) is 27.6 Å². The van der Waals surface area contributed by atoms with Gasteiger partial charge in [-0.05, 0) is 43.9 Å². The highest BCUT2D eigenvalue weighted by Crippen LogP contribution is 2.25. The van der Waals surface area contributed by atoms with Crippen molar-refractivity contribution in [2.75, 3.05) is 32.1 Å². The summed E-state index contributed by atoms with van der Waals surface area (Å²) in [6.45, 7) is 6.01. The Morgan fingerprint density at radius 3 is 2.79 bits per heavy atom. The Balaban J connectivity index is 1.59. The average Bonchev–Trinajstić information content (AvgIpc) is 2.71. The van der Waals surface area contributed by atoms with Crippen LogP contribution in [0.3, 0.4) is 0 Å². The zero-order chi connectivity index (χ0) is 21.0. The Kier molecular flexibility index (Phi) is 6.63. The number of hydrogen-bond acceptors (Lipinski definition) is 7. The van der Waals surface area contributed by atoms with Crippen LogP contribution in [0.5, 0.6) is 0 Å². The molecule has 0 aromatic carbocycles. The highest BCUT2D eigenvalue weighted by Gasteiger charge is 2.37. The maximum atomic E-state index is 12.4. The Morgan fingerprint density at radius 2 is 2.17 bits per heavy atom. The maximum absolute atomic E-state index is 12.4. The number of methoxy groups -OCH3 is 1. The van der Waals surface area contributed by atoms with Crippen molar-refractivity contribution in [3.63, 3.8) is 0 Å². The number of pyridine rings is 1. The van der Waals surface area contributed by atoms with E-state index in [0.717, 1.165) is 25.9 Å². The standard InChI is InChI=1S/C20H29N5O4/c1-14-7-10-24(11-8-14)20(2)9-6-18(27)25(23-20)13-17(26)22-15-4-5-16(21-12-15)19(28)29-3/h4-6,9,12,14,19,23,28H,7-8,10-11,13H2,1-3H3,(H,22,26). The molecule has 0 saturated carbocycles. The molecule has 0 aliphatic carbocycles. The molecule has 0 bridgehead atoms. The fourth-order valence-corrected chi connectivity index (χ4v) is 3.55. The number of carbonyl (C=O) groups excluding carboxylic acids is 2. The second-order valence-electron chi connectivity index (χ2n) is 7.79. The van der Waals surface area contributed by atoms with Gasteiger partial charge >= 0.3 is 0 Å². The summed E-state index contributed by atoms with van der Waals surface area (Å²) in [6, 6.07) is 3.18. The fraction of sp³-hybridized carbons (Fsp3) is 0.550. The minimum Gasteiger partial charge on any atom is -0.363 e. The van der Waals surface area contributed by atoms with E-state index < -0.39 is 12.0 Å². The number of nitrogens with one attached hydrogen (secondary N) is 2. The molecule has 2 aliphatic rings. The first-order chi connectivity index (χ1) is 13.8. The first kappa shape index (κ1) is 21.4. The van der Waals surface area contributed by atoms with Crippen LogP contribution in [0.2, 0.25) is 0 Å². The molecule has 1 fully saturated rings. The molecule has 1 saturated heterocycles. The number of piperidine rings is 1. The third-order valence-corrected chi connectivity index (χ3v) is 5.47. The monoisotopic (exact) mass is 403 g/mol. The van der Waals surface area contributed by atoms with Crippen molar-refractivity contribution in [2.24, 2.45) is 5.92 Å². The van der Waals surface area contributed by atoms with E-state index in [4.69, 9.17) is 4.74 Å². The number of rotatable bonds is 6. The summed E-state index contributed by atoms with van der Waals surface area (Å²) in [4.78, 5) is 31.1. The first-order valence-corrected chi connectivity index (χ1v) is 9.81. The number of aromatic nitrogens is 1. The third-order valence-electron chi connectivity index (χ3n) is 5.47. The van der Waals surface area contributed by atoms with Gasteiger partial charge in [-0.3, -0.25) is 24.5 Å². The molecule has 29 heavy (non-hydrogen) atoms. The summed E-state index contributed by atoms with van der Waals surface area (Å²) in [5, 5.41) is 13.6. The van der Waals surface area contributed by atoms with Crippen LogP contribution in [-0.2, 0) is 14.3 Å². The van der Waals surface area contributed by atoms with E-state index >= 15 is 0 Å². The number of aliphatic hydroxyl groups is 1. The van der Waals surface area contributed by atoms with Crippen LogP contribution in [-0.4, -0.2) is 64.2 Å². The van der Waals surface area contributed by atoms with Gasteiger partial charge in [-0.15, -0.1) is 0 Å². The molecule has 2 amide bonds. The van der Waals surface area contributed by atoms with Crippen molar-refractivity contribution in [1.29, 1.82) is 0 Å². The maximum Gasteiger partial charge on any atom is 0.261 e. The van der Waals surface area contributed by atoms with Gasteiger partial charge in [-0.2, -0.15) is 0 Å². The summed E-state index contributed by atoms with van der Waals surface area (Å²) < 4.78 is 4.79. The predicted octanol–water partition coefficient (Wildman–Crippen LogP) is 1.01. The number of likely N-dealkylation sites (tertiary alicyclic amines) is 1. The summed E-state index contributed by atoms with van der Waals surface area (Å²) >= 11 is 0. The van der Waals surface area contributed by atoms with Crippen LogP contribution >= 0.6 is 0 Å². The topological polar surface area (TPSA) is 107 Å². The zero-order valence-corrected chi connectivity index (χ0v) is 17.1. The molecular formula is C20H29N5O4. The highest BCUT2D eigenvalue weighted by molar-refractivity contribution is 5.96. The van der Waals surface area contributed by atoms with Gasteiger partial charge < -0.3 is 15.2 Å². The lowest BCUT2D eigenvalue weighted by molar-refractivity contribution is -0.139. The minimum absolute atomic E-state index is 0.133. The van der Waals surface area contributed by atoms with Crippen molar-refractivity contribution >= 4 is 17.5 Å². The molecule has 3 N–H and O–H groups in total. The lowest BCUT2D eigenvalue weighted by atomic mass is 9.96. The molecule has 158 valence electrons. The Bertz CT molecular complexity index is 761. The van der Waals surface area contributed by atoms with E-state index in [-0.39, 0.29) is 18.4 Å². The van der Waals surface area contributed by atoms with Gasteiger partial charge in [0.25, 0.3) is 5.91 Å². The van der Waals surface area contributed by atoms with Gasteiger partial charge in [-0.25, -0.2) is 5.43 Å². The van der Waals surface area contributed by atoms with E-state index in [1.807, 2.05) is 13.0 Å². The number of ether oxygens (including phenoxy) is 1. The summed E-state index contributed by atoms with van der Waals surface area (Å²) in [7, 11) is 1.37.